The van der Waals surface area contributed by atoms with Crippen molar-refractivity contribution in [2.45, 2.75) is 46.6 Å². The molecule has 2 N–H and O–H groups in total. The first-order valence-electron chi connectivity index (χ1n) is 5.76. The largest absolute Gasteiger partial charge is 0.459 e. The Bertz CT molecular complexity index is 217. The average molecular weight is 231 g/mol. The van der Waals surface area contributed by atoms with E-state index in [-0.39, 0.29) is 24.5 Å². The van der Waals surface area contributed by atoms with Gasteiger partial charge in [0.2, 0.25) is 0 Å². The summed E-state index contributed by atoms with van der Waals surface area (Å²) < 4.78 is 5.16. The maximum Gasteiger partial charge on any atom is 0.320 e. The smallest absolute Gasteiger partial charge is 0.320 e. The van der Waals surface area contributed by atoms with Crippen LogP contribution in [0.4, 0.5) is 0 Å². The van der Waals surface area contributed by atoms with Crippen molar-refractivity contribution in [3.05, 3.63) is 0 Å². The summed E-state index contributed by atoms with van der Waals surface area (Å²) in [6.45, 7) is 10.4. The highest BCUT2D eigenvalue weighted by atomic mass is 16.6. The quantitative estimate of drug-likeness (QED) is 0.677. The molecule has 0 rings (SSSR count). The first kappa shape index (κ1) is 15.4. The van der Waals surface area contributed by atoms with Crippen molar-refractivity contribution < 1.29 is 14.6 Å². The van der Waals surface area contributed by atoms with Crippen LogP contribution in [0.25, 0.3) is 0 Å². The topological polar surface area (TPSA) is 58.6 Å². The second-order valence-electron chi connectivity index (χ2n) is 5.51. The van der Waals surface area contributed by atoms with Crippen LogP contribution in [0.2, 0.25) is 0 Å². The van der Waals surface area contributed by atoms with Crippen molar-refractivity contribution in [2.75, 3.05) is 19.7 Å². The zero-order valence-corrected chi connectivity index (χ0v) is 11.1. The molecule has 0 aromatic heterocycles. The van der Waals surface area contributed by atoms with Crippen LogP contribution in [0.3, 0.4) is 0 Å². The minimum Gasteiger partial charge on any atom is -0.459 e. The van der Waals surface area contributed by atoms with Crippen LogP contribution in [0.15, 0.2) is 0 Å². The van der Waals surface area contributed by atoms with Gasteiger partial charge in [0.15, 0.2) is 0 Å². The van der Waals surface area contributed by atoms with Crippen LogP contribution in [-0.2, 0) is 9.53 Å². The van der Waals surface area contributed by atoms with E-state index in [1.54, 1.807) is 0 Å². The molecule has 4 heteroatoms. The molecule has 0 aromatic rings. The molecule has 1 atom stereocenters. The molecular weight excluding hydrogens is 206 g/mol. The van der Waals surface area contributed by atoms with Gasteiger partial charge in [-0.3, -0.25) is 4.79 Å². The second kappa shape index (κ2) is 6.21. The highest BCUT2D eigenvalue weighted by Gasteiger charge is 2.21. The normalized spacial score (nSPS) is 15.6. The van der Waals surface area contributed by atoms with Gasteiger partial charge in [0.1, 0.15) is 5.60 Å². The Balaban J connectivity index is 3.86. The Morgan fingerprint density at radius 1 is 1.31 bits per heavy atom. The molecule has 96 valence electrons. The fraction of sp³-hybridized carbons (Fsp3) is 0.917. The highest BCUT2D eigenvalue weighted by molar-refractivity contribution is 5.72. The third-order valence-corrected chi connectivity index (χ3v) is 2.48. The van der Waals surface area contributed by atoms with Gasteiger partial charge >= 0.3 is 5.97 Å². The van der Waals surface area contributed by atoms with E-state index in [4.69, 9.17) is 4.74 Å². The van der Waals surface area contributed by atoms with Crippen molar-refractivity contribution in [3.8, 4) is 0 Å². The van der Waals surface area contributed by atoms with Gasteiger partial charge in [-0.2, -0.15) is 0 Å². The van der Waals surface area contributed by atoms with Crippen LogP contribution >= 0.6 is 0 Å². The average Bonchev–Trinajstić information content (AvgIpc) is 2.14. The fourth-order valence-electron chi connectivity index (χ4n) is 1.14. The molecule has 0 bridgehead atoms. The third kappa shape index (κ3) is 6.80. The maximum absolute atomic E-state index is 11.4. The molecule has 0 aliphatic carbocycles. The second-order valence-corrected chi connectivity index (χ2v) is 5.51. The van der Waals surface area contributed by atoms with Crippen molar-refractivity contribution in [2.24, 2.45) is 5.41 Å². The minimum absolute atomic E-state index is 0.116. The fourth-order valence-corrected chi connectivity index (χ4v) is 1.14. The van der Waals surface area contributed by atoms with Crippen LogP contribution in [0.5, 0.6) is 0 Å². The Morgan fingerprint density at radius 2 is 1.88 bits per heavy atom. The predicted octanol–water partition coefficient (Wildman–Crippen LogP) is 1.33. The number of carbonyl (C=O) groups excluding carboxylic acids is 1. The molecule has 0 radical (unpaired) electrons. The van der Waals surface area contributed by atoms with Crippen molar-refractivity contribution >= 4 is 5.97 Å². The Hall–Kier alpha value is -0.610. The zero-order chi connectivity index (χ0) is 12.8. The summed E-state index contributed by atoms with van der Waals surface area (Å²) >= 11 is 0. The van der Waals surface area contributed by atoms with E-state index in [1.165, 1.54) is 0 Å². The number of esters is 1. The van der Waals surface area contributed by atoms with Gasteiger partial charge < -0.3 is 15.2 Å². The van der Waals surface area contributed by atoms with Crippen molar-refractivity contribution in [1.29, 1.82) is 0 Å². The number of rotatable bonds is 6. The minimum atomic E-state index is -0.441. The number of hydrogen-bond donors (Lipinski definition) is 2. The Morgan fingerprint density at radius 3 is 2.25 bits per heavy atom. The first-order valence-corrected chi connectivity index (χ1v) is 5.76. The van der Waals surface area contributed by atoms with Crippen molar-refractivity contribution in [3.63, 3.8) is 0 Å². The van der Waals surface area contributed by atoms with E-state index >= 15 is 0 Å². The lowest BCUT2D eigenvalue weighted by atomic mass is 9.89. The summed E-state index contributed by atoms with van der Waals surface area (Å²) in [4.78, 5) is 11.4. The molecule has 0 amide bonds. The monoisotopic (exact) mass is 231 g/mol. The van der Waals surface area contributed by atoms with E-state index in [9.17, 15) is 9.90 Å². The van der Waals surface area contributed by atoms with Crippen LogP contribution in [0.1, 0.15) is 41.0 Å². The van der Waals surface area contributed by atoms with Crippen LogP contribution in [0, 0.1) is 5.41 Å². The molecular formula is C12H25NO3. The lowest BCUT2D eigenvalue weighted by molar-refractivity contribution is -0.153. The number of carbonyl (C=O) groups is 1. The molecule has 16 heavy (non-hydrogen) atoms. The SMILES string of the molecule is CCC(C)(CO)CNCC(=O)OC(C)(C)C. The molecule has 0 aromatic carbocycles. The molecule has 0 saturated heterocycles. The van der Waals surface area contributed by atoms with Gasteiger partial charge in [-0.15, -0.1) is 0 Å². The summed E-state index contributed by atoms with van der Waals surface area (Å²) in [5.41, 5.74) is -0.605. The van der Waals surface area contributed by atoms with Gasteiger partial charge in [-0.1, -0.05) is 13.8 Å². The molecule has 0 aliphatic heterocycles. The first-order chi connectivity index (χ1) is 7.22. The summed E-state index contributed by atoms with van der Waals surface area (Å²) in [7, 11) is 0. The number of nitrogens with one attached hydrogen (secondary N) is 1. The van der Waals surface area contributed by atoms with Gasteiger partial charge in [0.05, 0.1) is 6.54 Å². The standard InChI is InChI=1S/C12H25NO3/c1-6-12(5,9-14)8-13-7-10(15)16-11(2,3)4/h13-14H,6-9H2,1-5H3. The Kier molecular flexibility index (Phi) is 5.97. The van der Waals surface area contributed by atoms with Crippen LogP contribution < -0.4 is 5.32 Å². The zero-order valence-electron chi connectivity index (χ0n) is 11.1. The number of aliphatic hydroxyl groups is 1. The predicted molar refractivity (Wildman–Crippen MR) is 64.2 cm³/mol. The molecule has 0 aliphatic rings. The van der Waals surface area contributed by atoms with E-state index in [1.807, 2.05) is 34.6 Å². The lowest BCUT2D eigenvalue weighted by Gasteiger charge is -2.26. The maximum atomic E-state index is 11.4. The molecule has 1 unspecified atom stereocenters. The summed E-state index contributed by atoms with van der Waals surface area (Å²) in [6, 6.07) is 0. The number of hydrogen-bond acceptors (Lipinski definition) is 4. The summed E-state index contributed by atoms with van der Waals surface area (Å²) in [5, 5.41) is 12.2. The van der Waals surface area contributed by atoms with E-state index in [0.29, 0.717) is 6.54 Å². The van der Waals surface area contributed by atoms with Crippen LogP contribution in [-0.4, -0.2) is 36.4 Å². The van der Waals surface area contributed by atoms with Gasteiger partial charge in [-0.05, 0) is 27.2 Å². The van der Waals surface area contributed by atoms with Gasteiger partial charge in [0, 0.05) is 18.6 Å². The number of aliphatic hydroxyl groups excluding tert-OH is 1. The molecule has 0 heterocycles. The molecule has 0 saturated carbocycles. The number of ether oxygens (including phenoxy) is 1. The van der Waals surface area contributed by atoms with Gasteiger partial charge in [-0.25, -0.2) is 0 Å². The van der Waals surface area contributed by atoms with E-state index in [0.717, 1.165) is 6.42 Å². The summed E-state index contributed by atoms with van der Waals surface area (Å²) in [6.07, 6.45) is 0.866. The highest BCUT2D eigenvalue weighted by Crippen LogP contribution is 2.18. The van der Waals surface area contributed by atoms with Gasteiger partial charge in [0.25, 0.3) is 0 Å². The van der Waals surface area contributed by atoms with Crippen molar-refractivity contribution in [1.82, 2.24) is 5.32 Å². The molecule has 0 fully saturated rings. The van der Waals surface area contributed by atoms with E-state index in [2.05, 4.69) is 5.32 Å². The molecule has 4 nitrogen and oxygen atoms in total. The Labute approximate surface area is 98.4 Å². The molecule has 0 spiro atoms. The van der Waals surface area contributed by atoms with E-state index < -0.39 is 5.60 Å². The lowest BCUT2D eigenvalue weighted by Crippen LogP contribution is -2.38. The third-order valence-electron chi connectivity index (χ3n) is 2.48. The summed E-state index contributed by atoms with van der Waals surface area (Å²) in [5.74, 6) is -0.260.